The first kappa shape index (κ1) is 18.8. The van der Waals surface area contributed by atoms with Gasteiger partial charge in [-0.25, -0.2) is 9.50 Å². The molecule has 0 radical (unpaired) electrons. The van der Waals surface area contributed by atoms with Crippen molar-refractivity contribution in [3.8, 4) is 5.75 Å². The lowest BCUT2D eigenvalue weighted by atomic mass is 10.0. The van der Waals surface area contributed by atoms with Crippen molar-refractivity contribution in [1.82, 2.24) is 14.6 Å². The van der Waals surface area contributed by atoms with Crippen LogP contribution in [0.25, 0.3) is 5.65 Å². The lowest BCUT2D eigenvalue weighted by molar-refractivity contribution is 0.102. The van der Waals surface area contributed by atoms with Gasteiger partial charge in [-0.2, -0.15) is 5.10 Å². The fraction of sp³-hybridized carbons (Fsp3) is 0.381. The zero-order valence-electron chi connectivity index (χ0n) is 16.7. The van der Waals surface area contributed by atoms with E-state index in [1.54, 1.807) is 23.0 Å². The lowest BCUT2D eigenvalue weighted by Crippen LogP contribution is -2.37. The van der Waals surface area contributed by atoms with Crippen molar-refractivity contribution in [2.24, 2.45) is 0 Å². The van der Waals surface area contributed by atoms with E-state index in [0.717, 1.165) is 41.3 Å². The molecule has 2 N–H and O–H groups in total. The first-order valence-electron chi connectivity index (χ1n) is 10.0. The topological polar surface area (TPSA) is 101 Å². The number of nitrogens with zero attached hydrogens (tertiary/aromatic N) is 4. The van der Waals surface area contributed by atoms with Crippen molar-refractivity contribution in [1.29, 1.82) is 0 Å². The minimum atomic E-state index is -0.268. The molecule has 2 aliphatic rings. The predicted octanol–water partition coefficient (Wildman–Crippen LogP) is 1.42. The Morgan fingerprint density at radius 2 is 2.20 bits per heavy atom. The molecule has 9 heteroatoms. The molecule has 0 aliphatic carbocycles. The van der Waals surface area contributed by atoms with Gasteiger partial charge in [0, 0.05) is 43.0 Å². The van der Waals surface area contributed by atoms with Gasteiger partial charge in [0.2, 0.25) is 0 Å². The van der Waals surface area contributed by atoms with Crippen LogP contribution < -0.4 is 15.0 Å². The summed E-state index contributed by atoms with van der Waals surface area (Å²) in [5.41, 5.74) is 4.50. The van der Waals surface area contributed by atoms with Crippen molar-refractivity contribution in [2.75, 3.05) is 43.1 Å². The third-order valence-electron chi connectivity index (χ3n) is 5.60. The third kappa shape index (κ3) is 3.16. The standard InChI is InChI=1S/C21H23N5O4/c1-13-18(25-5-7-29-8-6-25)17(10-14-9-15(12-27)30-19(13)14)24-21(28)16-11-23-26-4-2-3-22-20(16)26/h2-4,10-11,15,27H,5-9,12H2,1H3,(H,24,28). The molecule has 1 unspecified atom stereocenters. The molecule has 1 aromatic carbocycles. The van der Waals surface area contributed by atoms with Crippen molar-refractivity contribution in [3.63, 3.8) is 0 Å². The van der Waals surface area contributed by atoms with Gasteiger partial charge in [0.15, 0.2) is 5.65 Å². The van der Waals surface area contributed by atoms with E-state index in [1.807, 2.05) is 13.0 Å². The van der Waals surface area contributed by atoms with E-state index in [2.05, 4.69) is 20.3 Å². The van der Waals surface area contributed by atoms with Gasteiger partial charge in [-0.05, 0) is 19.1 Å². The van der Waals surface area contributed by atoms with E-state index in [4.69, 9.17) is 9.47 Å². The maximum atomic E-state index is 13.1. The van der Waals surface area contributed by atoms with Crippen LogP contribution in [0.1, 0.15) is 21.5 Å². The molecule has 4 heterocycles. The Balaban J connectivity index is 1.55. The average molecular weight is 409 g/mol. The number of aromatic nitrogens is 3. The summed E-state index contributed by atoms with van der Waals surface area (Å²) in [6.07, 6.45) is 5.27. The lowest BCUT2D eigenvalue weighted by Gasteiger charge is -2.32. The fourth-order valence-electron chi connectivity index (χ4n) is 4.20. The highest BCUT2D eigenvalue weighted by atomic mass is 16.5. The largest absolute Gasteiger partial charge is 0.487 e. The highest BCUT2D eigenvalue weighted by molar-refractivity contribution is 6.09. The summed E-state index contributed by atoms with van der Waals surface area (Å²) in [6, 6.07) is 3.72. The van der Waals surface area contributed by atoms with Gasteiger partial charge in [0.05, 0.1) is 37.4 Å². The number of carbonyl (C=O) groups is 1. The normalized spacial score (nSPS) is 18.3. The number of rotatable bonds is 4. The Morgan fingerprint density at radius 1 is 1.37 bits per heavy atom. The molecular formula is C21H23N5O4. The number of amides is 1. The van der Waals surface area contributed by atoms with Gasteiger partial charge < -0.3 is 24.8 Å². The second-order valence-electron chi connectivity index (χ2n) is 7.51. The molecule has 9 nitrogen and oxygen atoms in total. The van der Waals surface area contributed by atoms with Crippen LogP contribution in [0.4, 0.5) is 11.4 Å². The molecule has 0 bridgehead atoms. The zero-order chi connectivity index (χ0) is 20.7. The summed E-state index contributed by atoms with van der Waals surface area (Å²) < 4.78 is 13.0. The van der Waals surface area contributed by atoms with Crippen LogP contribution in [0, 0.1) is 6.92 Å². The summed E-state index contributed by atoms with van der Waals surface area (Å²) in [7, 11) is 0. The molecular weight excluding hydrogens is 386 g/mol. The van der Waals surface area contributed by atoms with Crippen molar-refractivity contribution in [3.05, 3.63) is 47.4 Å². The quantitative estimate of drug-likeness (QED) is 0.672. The number of aliphatic hydroxyl groups is 1. The van der Waals surface area contributed by atoms with Crippen LogP contribution in [0.5, 0.6) is 5.75 Å². The fourth-order valence-corrected chi connectivity index (χ4v) is 4.20. The molecule has 1 saturated heterocycles. The van der Waals surface area contributed by atoms with Crippen LogP contribution in [0.2, 0.25) is 0 Å². The minimum absolute atomic E-state index is 0.0449. The van der Waals surface area contributed by atoms with E-state index in [1.165, 1.54) is 6.20 Å². The van der Waals surface area contributed by atoms with Gasteiger partial charge in [0.1, 0.15) is 17.4 Å². The number of nitrogens with one attached hydrogen (secondary N) is 1. The number of hydrogen-bond donors (Lipinski definition) is 2. The molecule has 0 spiro atoms. The molecule has 156 valence electrons. The number of morpholine rings is 1. The molecule has 30 heavy (non-hydrogen) atoms. The Bertz CT molecular complexity index is 1110. The maximum Gasteiger partial charge on any atom is 0.261 e. The van der Waals surface area contributed by atoms with Gasteiger partial charge in [-0.3, -0.25) is 4.79 Å². The van der Waals surface area contributed by atoms with Crippen molar-refractivity contribution >= 4 is 22.9 Å². The monoisotopic (exact) mass is 409 g/mol. The number of hydrogen-bond acceptors (Lipinski definition) is 7. The SMILES string of the molecule is Cc1c2c(cc(NC(=O)c3cnn4cccnc34)c1N1CCOCC1)CC(CO)O2. The number of aliphatic hydroxyl groups excluding tert-OH is 1. The summed E-state index contributed by atoms with van der Waals surface area (Å²) >= 11 is 0. The molecule has 5 rings (SSSR count). The van der Waals surface area contributed by atoms with Crippen LogP contribution >= 0.6 is 0 Å². The van der Waals surface area contributed by atoms with Crippen LogP contribution in [-0.2, 0) is 11.2 Å². The highest BCUT2D eigenvalue weighted by Gasteiger charge is 2.30. The first-order valence-corrected chi connectivity index (χ1v) is 10.0. The summed E-state index contributed by atoms with van der Waals surface area (Å²) in [5.74, 6) is 0.529. The molecule has 2 aromatic heterocycles. The summed E-state index contributed by atoms with van der Waals surface area (Å²) in [6.45, 7) is 4.66. The second kappa shape index (κ2) is 7.58. The summed E-state index contributed by atoms with van der Waals surface area (Å²) in [5, 5.41) is 16.8. The number of carbonyl (C=O) groups excluding carboxylic acids is 1. The number of ether oxygens (including phenoxy) is 2. The number of benzene rings is 1. The van der Waals surface area contributed by atoms with Gasteiger partial charge in [0.25, 0.3) is 5.91 Å². The van der Waals surface area contributed by atoms with E-state index in [9.17, 15) is 9.90 Å². The van der Waals surface area contributed by atoms with Crippen LogP contribution in [0.3, 0.4) is 0 Å². The molecule has 1 amide bonds. The smallest absolute Gasteiger partial charge is 0.261 e. The van der Waals surface area contributed by atoms with Crippen molar-refractivity contribution in [2.45, 2.75) is 19.4 Å². The Labute approximate surface area is 173 Å². The van der Waals surface area contributed by atoms with E-state index < -0.39 is 0 Å². The highest BCUT2D eigenvalue weighted by Crippen LogP contribution is 2.43. The van der Waals surface area contributed by atoms with Gasteiger partial charge in [-0.1, -0.05) is 0 Å². The Hall–Kier alpha value is -3.17. The predicted molar refractivity (Wildman–Crippen MR) is 110 cm³/mol. The van der Waals surface area contributed by atoms with Crippen LogP contribution in [0.15, 0.2) is 30.7 Å². The molecule has 0 saturated carbocycles. The zero-order valence-corrected chi connectivity index (χ0v) is 16.7. The van der Waals surface area contributed by atoms with E-state index in [-0.39, 0.29) is 18.6 Å². The summed E-state index contributed by atoms with van der Waals surface area (Å²) in [4.78, 5) is 19.6. The first-order chi connectivity index (χ1) is 14.7. The second-order valence-corrected chi connectivity index (χ2v) is 7.51. The third-order valence-corrected chi connectivity index (χ3v) is 5.60. The van der Waals surface area contributed by atoms with E-state index in [0.29, 0.717) is 30.8 Å². The number of anilines is 2. The number of fused-ring (bicyclic) bond motifs is 2. The average Bonchev–Trinajstić information content (AvgIpc) is 3.39. The molecule has 3 aromatic rings. The van der Waals surface area contributed by atoms with E-state index >= 15 is 0 Å². The van der Waals surface area contributed by atoms with Gasteiger partial charge >= 0.3 is 0 Å². The molecule has 2 aliphatic heterocycles. The van der Waals surface area contributed by atoms with Crippen molar-refractivity contribution < 1.29 is 19.4 Å². The Morgan fingerprint density at radius 3 is 3.00 bits per heavy atom. The van der Waals surface area contributed by atoms with Gasteiger partial charge in [-0.15, -0.1) is 0 Å². The molecule has 1 fully saturated rings. The minimum Gasteiger partial charge on any atom is -0.487 e. The maximum absolute atomic E-state index is 13.1. The van der Waals surface area contributed by atoms with Crippen LogP contribution in [-0.4, -0.2) is 64.6 Å². The Kier molecular flexibility index (Phi) is 4.76. The molecule has 1 atom stereocenters.